The van der Waals surface area contributed by atoms with Crippen molar-refractivity contribution in [1.29, 1.82) is 0 Å². The molecule has 0 aliphatic carbocycles. The maximum atomic E-state index is 12.9. The van der Waals surface area contributed by atoms with Crippen LogP contribution < -0.4 is 14.9 Å². The number of amides is 1. The maximum absolute atomic E-state index is 12.9. The van der Waals surface area contributed by atoms with E-state index in [4.69, 9.17) is 16.3 Å². The lowest BCUT2D eigenvalue weighted by Gasteiger charge is -2.26. The summed E-state index contributed by atoms with van der Waals surface area (Å²) in [6, 6.07) is 10.8. The molecule has 1 fully saturated rings. The number of carbonyl (C=O) groups excluding carboxylic acids is 1. The predicted octanol–water partition coefficient (Wildman–Crippen LogP) is 2.66. The average Bonchev–Trinajstić information content (AvgIpc) is 2.77. The number of carbonyl (C=O) groups is 1. The van der Waals surface area contributed by atoms with E-state index in [1.54, 1.807) is 18.2 Å². The first-order valence-corrected chi connectivity index (χ1v) is 12.3. The van der Waals surface area contributed by atoms with Crippen molar-refractivity contribution in [3.05, 3.63) is 53.1 Å². The van der Waals surface area contributed by atoms with Crippen LogP contribution >= 0.6 is 11.6 Å². The van der Waals surface area contributed by atoms with Gasteiger partial charge in [-0.15, -0.1) is 0 Å². The second-order valence-electron chi connectivity index (χ2n) is 7.75. The number of sulfonamides is 1. The van der Waals surface area contributed by atoms with Gasteiger partial charge in [0.15, 0.2) is 0 Å². The van der Waals surface area contributed by atoms with E-state index in [1.807, 2.05) is 19.0 Å². The van der Waals surface area contributed by atoms with Crippen molar-refractivity contribution in [2.75, 3.05) is 63.1 Å². The van der Waals surface area contributed by atoms with E-state index in [0.717, 1.165) is 39.3 Å². The molecule has 1 amide bonds. The zero-order chi connectivity index (χ0) is 23.1. The van der Waals surface area contributed by atoms with Crippen molar-refractivity contribution in [3.63, 3.8) is 0 Å². The third-order valence-corrected chi connectivity index (χ3v) is 6.79. The number of hydrogen-bond donors (Lipinski definition) is 2. The molecule has 0 unspecified atom stereocenters. The van der Waals surface area contributed by atoms with Crippen molar-refractivity contribution in [3.8, 4) is 0 Å². The number of benzene rings is 2. The molecule has 0 spiro atoms. The first-order chi connectivity index (χ1) is 15.3. The van der Waals surface area contributed by atoms with Crippen LogP contribution in [0.3, 0.4) is 0 Å². The Hall–Kier alpha value is -2.33. The molecular weight excluding hydrogens is 452 g/mol. The Balaban J connectivity index is 1.68. The van der Waals surface area contributed by atoms with E-state index in [0.29, 0.717) is 28.5 Å². The third kappa shape index (κ3) is 6.59. The molecule has 1 aliphatic rings. The average molecular weight is 481 g/mol. The number of rotatable bonds is 9. The summed E-state index contributed by atoms with van der Waals surface area (Å²) < 4.78 is 33.3. The zero-order valence-electron chi connectivity index (χ0n) is 18.3. The molecule has 0 aromatic heterocycles. The fraction of sp³-hybridized carbons (Fsp3) is 0.409. The summed E-state index contributed by atoms with van der Waals surface area (Å²) in [5.41, 5.74) is 1.41. The number of anilines is 2. The summed E-state index contributed by atoms with van der Waals surface area (Å²) in [5.74, 6) is -0.247. The first kappa shape index (κ1) is 24.3. The first-order valence-electron chi connectivity index (χ1n) is 10.4. The predicted molar refractivity (Wildman–Crippen MR) is 127 cm³/mol. The minimum absolute atomic E-state index is 0.0905. The Morgan fingerprint density at radius 3 is 2.47 bits per heavy atom. The molecule has 0 bridgehead atoms. The Kier molecular flexibility index (Phi) is 8.36. The quantitative estimate of drug-likeness (QED) is 0.536. The Morgan fingerprint density at radius 2 is 1.81 bits per heavy atom. The number of halogens is 1. The van der Waals surface area contributed by atoms with E-state index in [1.165, 1.54) is 24.3 Å². The SMILES string of the molecule is CN(C)c1ccc(NS(=O)(=O)c2ccc(Cl)cc2)cc1C(=O)NCCCN1CCOCC1. The smallest absolute Gasteiger partial charge is 0.261 e. The van der Waals surface area contributed by atoms with Crippen LogP contribution in [-0.4, -0.2) is 72.7 Å². The van der Waals surface area contributed by atoms with Crippen molar-refractivity contribution in [2.45, 2.75) is 11.3 Å². The van der Waals surface area contributed by atoms with Crippen LogP contribution in [0.2, 0.25) is 5.02 Å². The highest BCUT2D eigenvalue weighted by Crippen LogP contribution is 2.25. The lowest BCUT2D eigenvalue weighted by molar-refractivity contribution is 0.0374. The molecule has 0 atom stereocenters. The van der Waals surface area contributed by atoms with Gasteiger partial charge in [0.1, 0.15) is 0 Å². The number of morpholine rings is 1. The van der Waals surface area contributed by atoms with Crippen LogP contribution in [0.5, 0.6) is 0 Å². The van der Waals surface area contributed by atoms with E-state index >= 15 is 0 Å². The molecule has 0 saturated carbocycles. The largest absolute Gasteiger partial charge is 0.379 e. The minimum atomic E-state index is -3.81. The van der Waals surface area contributed by atoms with Gasteiger partial charge in [0.25, 0.3) is 15.9 Å². The molecule has 1 heterocycles. The molecule has 10 heteroatoms. The molecule has 2 N–H and O–H groups in total. The number of ether oxygens (including phenoxy) is 1. The fourth-order valence-electron chi connectivity index (χ4n) is 3.42. The maximum Gasteiger partial charge on any atom is 0.261 e. The lowest BCUT2D eigenvalue weighted by Crippen LogP contribution is -2.38. The Labute approximate surface area is 194 Å². The van der Waals surface area contributed by atoms with Crippen LogP contribution in [0, 0.1) is 0 Å². The van der Waals surface area contributed by atoms with Gasteiger partial charge in [-0.05, 0) is 55.4 Å². The summed E-state index contributed by atoms with van der Waals surface area (Å²) in [6.07, 6.45) is 0.825. The molecule has 174 valence electrons. The summed E-state index contributed by atoms with van der Waals surface area (Å²) in [4.78, 5) is 17.1. The number of hydrogen-bond acceptors (Lipinski definition) is 6. The minimum Gasteiger partial charge on any atom is -0.379 e. The van der Waals surface area contributed by atoms with Gasteiger partial charge in [-0.3, -0.25) is 14.4 Å². The standard InChI is InChI=1S/C22H29ClN4O4S/c1-26(2)21-9-6-18(25-32(29,30)19-7-4-17(23)5-8-19)16-20(21)22(28)24-10-3-11-27-12-14-31-15-13-27/h4-9,16,25H,3,10-15H2,1-2H3,(H,24,28). The molecular formula is C22H29ClN4O4S. The number of nitrogens with one attached hydrogen (secondary N) is 2. The van der Waals surface area contributed by atoms with Gasteiger partial charge < -0.3 is 15.0 Å². The second-order valence-corrected chi connectivity index (χ2v) is 9.87. The van der Waals surface area contributed by atoms with E-state index in [9.17, 15) is 13.2 Å². The van der Waals surface area contributed by atoms with Crippen LogP contribution in [0.1, 0.15) is 16.8 Å². The second kappa shape index (κ2) is 11.0. The molecule has 32 heavy (non-hydrogen) atoms. The van der Waals surface area contributed by atoms with E-state index in [-0.39, 0.29) is 10.8 Å². The van der Waals surface area contributed by atoms with Gasteiger partial charge in [-0.25, -0.2) is 8.42 Å². The summed E-state index contributed by atoms with van der Waals surface area (Å²) in [5, 5.41) is 3.40. The van der Waals surface area contributed by atoms with Gasteiger partial charge >= 0.3 is 0 Å². The van der Waals surface area contributed by atoms with E-state index in [2.05, 4.69) is 14.9 Å². The summed E-state index contributed by atoms with van der Waals surface area (Å²) in [6.45, 7) is 4.74. The van der Waals surface area contributed by atoms with Gasteiger partial charge in [0.05, 0.1) is 23.7 Å². The topological polar surface area (TPSA) is 91.0 Å². The van der Waals surface area contributed by atoms with Gasteiger partial charge in [-0.2, -0.15) is 0 Å². The monoisotopic (exact) mass is 480 g/mol. The number of nitrogens with zero attached hydrogens (tertiary/aromatic N) is 2. The lowest BCUT2D eigenvalue weighted by atomic mass is 10.1. The van der Waals surface area contributed by atoms with Crippen LogP contribution in [0.25, 0.3) is 0 Å². The zero-order valence-corrected chi connectivity index (χ0v) is 19.9. The highest BCUT2D eigenvalue weighted by atomic mass is 35.5. The molecule has 3 rings (SSSR count). The fourth-order valence-corrected chi connectivity index (χ4v) is 4.60. The Bertz CT molecular complexity index is 1020. The third-order valence-electron chi connectivity index (χ3n) is 5.14. The van der Waals surface area contributed by atoms with Gasteiger partial charge in [-0.1, -0.05) is 11.6 Å². The van der Waals surface area contributed by atoms with Crippen molar-refractivity contribution in [1.82, 2.24) is 10.2 Å². The van der Waals surface area contributed by atoms with Crippen molar-refractivity contribution >= 4 is 38.9 Å². The van der Waals surface area contributed by atoms with Crippen LogP contribution in [0.4, 0.5) is 11.4 Å². The van der Waals surface area contributed by atoms with Crippen LogP contribution in [-0.2, 0) is 14.8 Å². The van der Waals surface area contributed by atoms with Crippen LogP contribution in [0.15, 0.2) is 47.4 Å². The molecule has 2 aromatic carbocycles. The Morgan fingerprint density at radius 1 is 1.12 bits per heavy atom. The van der Waals surface area contributed by atoms with Crippen molar-refractivity contribution < 1.29 is 17.9 Å². The van der Waals surface area contributed by atoms with Gasteiger partial charge in [0, 0.05) is 50.1 Å². The molecule has 8 nitrogen and oxygen atoms in total. The van der Waals surface area contributed by atoms with Gasteiger partial charge in [0.2, 0.25) is 0 Å². The molecule has 2 aromatic rings. The summed E-state index contributed by atoms with van der Waals surface area (Å²) in [7, 11) is -0.138. The normalized spacial score (nSPS) is 14.7. The van der Waals surface area contributed by atoms with Crippen molar-refractivity contribution in [2.24, 2.45) is 0 Å². The molecule has 1 aliphatic heterocycles. The highest BCUT2D eigenvalue weighted by Gasteiger charge is 2.18. The van der Waals surface area contributed by atoms with E-state index < -0.39 is 10.0 Å². The highest BCUT2D eigenvalue weighted by molar-refractivity contribution is 7.92. The molecule has 1 saturated heterocycles. The summed E-state index contributed by atoms with van der Waals surface area (Å²) >= 11 is 5.85. The molecule has 0 radical (unpaired) electrons.